The van der Waals surface area contributed by atoms with Gasteiger partial charge in [-0.3, -0.25) is 4.79 Å². The van der Waals surface area contributed by atoms with Crippen LogP contribution in [0.2, 0.25) is 5.02 Å². The number of H-pyrrole nitrogens is 1. The Bertz CT molecular complexity index is 904. The number of aromatic amines is 1. The number of benzene rings is 1. The molecule has 1 atom stereocenters. The fraction of sp³-hybridized carbons (Fsp3) is 0.312. The van der Waals surface area contributed by atoms with Crippen LogP contribution >= 0.6 is 11.6 Å². The first kappa shape index (κ1) is 19.8. The zero-order chi connectivity index (χ0) is 20.3. The van der Waals surface area contributed by atoms with Gasteiger partial charge in [0.15, 0.2) is 0 Å². The number of hydrogen-bond donors (Lipinski definition) is 3. The molecule has 0 bridgehead atoms. The molecule has 3 rings (SSSR count). The minimum atomic E-state index is -4.78. The highest BCUT2D eigenvalue weighted by atomic mass is 35.5. The van der Waals surface area contributed by atoms with Gasteiger partial charge in [0.1, 0.15) is 10.8 Å². The van der Waals surface area contributed by atoms with Crippen molar-refractivity contribution >= 4 is 29.0 Å². The predicted octanol–water partition coefficient (Wildman–Crippen LogP) is 2.72. The average molecular weight is 418 g/mol. The normalized spacial score (nSPS) is 16.7. The van der Waals surface area contributed by atoms with Crippen LogP contribution < -0.4 is 25.8 Å². The highest BCUT2D eigenvalue weighted by Crippen LogP contribution is 2.25. The zero-order valence-electron chi connectivity index (χ0n) is 14.2. The second-order valence-electron chi connectivity index (χ2n) is 6.00. The Labute approximate surface area is 161 Å². The Hall–Kier alpha value is -2.95. The molecule has 0 aliphatic carbocycles. The molecule has 150 valence electrons. The molecule has 0 unspecified atom stereocenters. The number of halogens is 4. The number of anilines is 2. The largest absolute Gasteiger partial charge is 0.573 e. The molecule has 1 aromatic carbocycles. The Morgan fingerprint density at radius 1 is 1.32 bits per heavy atom. The lowest BCUT2D eigenvalue weighted by Crippen LogP contribution is -2.39. The topological polar surface area (TPSA) is 99.3 Å². The van der Waals surface area contributed by atoms with Crippen molar-refractivity contribution in [3.63, 3.8) is 0 Å². The van der Waals surface area contributed by atoms with Gasteiger partial charge in [-0.25, -0.2) is 9.89 Å². The zero-order valence-corrected chi connectivity index (χ0v) is 15.0. The van der Waals surface area contributed by atoms with E-state index >= 15 is 0 Å². The number of ether oxygens (including phenoxy) is 1. The fourth-order valence-electron chi connectivity index (χ4n) is 2.78. The van der Waals surface area contributed by atoms with E-state index in [2.05, 4.69) is 25.6 Å². The standard InChI is InChI=1S/C16H15ClF3N5O3/c17-13-12(7-21-24-14(13)26)25-6-5-10(8-25)23-15(27)22-9-1-3-11(4-2-9)28-16(18,19)20/h1-4,7,10H,5-6,8H2,(H,24,26)(H2,22,23,27)/t10-/m1/s1. The summed E-state index contributed by atoms with van der Waals surface area (Å²) in [4.78, 5) is 25.5. The maximum atomic E-state index is 12.1. The lowest BCUT2D eigenvalue weighted by molar-refractivity contribution is -0.274. The Morgan fingerprint density at radius 2 is 2.04 bits per heavy atom. The Kier molecular flexibility index (Phi) is 5.63. The molecule has 2 heterocycles. The lowest BCUT2D eigenvalue weighted by atomic mass is 10.2. The minimum Gasteiger partial charge on any atom is -0.406 e. The molecule has 12 heteroatoms. The van der Waals surface area contributed by atoms with Crippen molar-refractivity contribution in [2.75, 3.05) is 23.3 Å². The van der Waals surface area contributed by atoms with Crippen molar-refractivity contribution < 1.29 is 22.7 Å². The Morgan fingerprint density at radius 3 is 2.71 bits per heavy atom. The van der Waals surface area contributed by atoms with E-state index in [1.165, 1.54) is 18.3 Å². The summed E-state index contributed by atoms with van der Waals surface area (Å²) in [6.45, 7) is 0.996. The van der Waals surface area contributed by atoms with Crippen molar-refractivity contribution in [2.45, 2.75) is 18.8 Å². The van der Waals surface area contributed by atoms with Crippen LogP contribution in [0.4, 0.5) is 29.3 Å². The van der Waals surface area contributed by atoms with Gasteiger partial charge < -0.3 is 20.3 Å². The van der Waals surface area contributed by atoms with E-state index in [1.807, 2.05) is 4.90 Å². The summed E-state index contributed by atoms with van der Waals surface area (Å²) >= 11 is 5.98. The van der Waals surface area contributed by atoms with Crippen molar-refractivity contribution in [1.82, 2.24) is 15.5 Å². The molecule has 1 fully saturated rings. The molecule has 0 saturated carbocycles. The molecule has 0 spiro atoms. The molecule has 1 saturated heterocycles. The van der Waals surface area contributed by atoms with E-state index in [-0.39, 0.29) is 16.8 Å². The van der Waals surface area contributed by atoms with Crippen LogP contribution in [0, 0.1) is 0 Å². The number of alkyl halides is 3. The van der Waals surface area contributed by atoms with Gasteiger partial charge in [0.05, 0.1) is 11.9 Å². The molecule has 28 heavy (non-hydrogen) atoms. The first-order valence-corrected chi connectivity index (χ1v) is 8.50. The highest BCUT2D eigenvalue weighted by Gasteiger charge is 2.31. The van der Waals surface area contributed by atoms with Crippen LogP contribution in [-0.2, 0) is 0 Å². The van der Waals surface area contributed by atoms with Gasteiger partial charge in [-0.15, -0.1) is 13.2 Å². The maximum absolute atomic E-state index is 12.1. The quantitative estimate of drug-likeness (QED) is 0.710. The molecule has 8 nitrogen and oxygen atoms in total. The smallest absolute Gasteiger partial charge is 0.406 e. The number of rotatable bonds is 4. The molecule has 0 radical (unpaired) electrons. The van der Waals surface area contributed by atoms with Crippen LogP contribution in [0.5, 0.6) is 5.75 Å². The highest BCUT2D eigenvalue weighted by molar-refractivity contribution is 6.33. The summed E-state index contributed by atoms with van der Waals surface area (Å²) in [5.74, 6) is -0.381. The summed E-state index contributed by atoms with van der Waals surface area (Å²) in [6, 6.07) is 4.08. The van der Waals surface area contributed by atoms with E-state index in [9.17, 15) is 22.8 Å². The van der Waals surface area contributed by atoms with Crippen molar-refractivity contribution in [2.24, 2.45) is 0 Å². The number of nitrogens with one attached hydrogen (secondary N) is 3. The lowest BCUT2D eigenvalue weighted by Gasteiger charge is -2.19. The van der Waals surface area contributed by atoms with E-state index in [0.717, 1.165) is 12.1 Å². The average Bonchev–Trinajstić information content (AvgIpc) is 3.06. The number of aromatic nitrogens is 2. The predicted molar refractivity (Wildman–Crippen MR) is 95.8 cm³/mol. The van der Waals surface area contributed by atoms with Crippen molar-refractivity contribution in [3.8, 4) is 5.75 Å². The van der Waals surface area contributed by atoms with Gasteiger partial charge in [-0.2, -0.15) is 5.10 Å². The molecule has 3 N–H and O–H groups in total. The van der Waals surface area contributed by atoms with Crippen LogP contribution in [0.25, 0.3) is 0 Å². The van der Waals surface area contributed by atoms with E-state index in [0.29, 0.717) is 30.9 Å². The first-order chi connectivity index (χ1) is 13.2. The van der Waals surface area contributed by atoms with Gasteiger partial charge in [-0.1, -0.05) is 11.6 Å². The van der Waals surface area contributed by atoms with Gasteiger partial charge in [0.2, 0.25) is 0 Å². The number of carbonyl (C=O) groups excluding carboxylic acids is 1. The summed E-state index contributed by atoms with van der Waals surface area (Å²) < 4.78 is 40.2. The van der Waals surface area contributed by atoms with Gasteiger partial charge in [0, 0.05) is 24.8 Å². The van der Waals surface area contributed by atoms with Crippen molar-refractivity contribution in [3.05, 3.63) is 45.8 Å². The van der Waals surface area contributed by atoms with Crippen molar-refractivity contribution in [1.29, 1.82) is 0 Å². The number of hydrogen-bond acceptors (Lipinski definition) is 5. The van der Waals surface area contributed by atoms with E-state index < -0.39 is 18.0 Å². The summed E-state index contributed by atoms with van der Waals surface area (Å²) in [7, 11) is 0. The summed E-state index contributed by atoms with van der Waals surface area (Å²) in [5, 5.41) is 11.3. The molecule has 2 aromatic rings. The van der Waals surface area contributed by atoms with Crippen LogP contribution in [0.15, 0.2) is 35.3 Å². The number of nitrogens with zero attached hydrogens (tertiary/aromatic N) is 2. The SMILES string of the molecule is O=C(Nc1ccc(OC(F)(F)F)cc1)N[C@@H]1CCN(c2cn[nH]c(=O)c2Cl)C1. The third-order valence-corrected chi connectivity index (χ3v) is 4.35. The summed E-state index contributed by atoms with van der Waals surface area (Å²) in [6.07, 6.45) is -2.71. The van der Waals surface area contributed by atoms with Crippen LogP contribution in [-0.4, -0.2) is 41.7 Å². The number of carbonyl (C=O) groups is 1. The van der Waals surface area contributed by atoms with Gasteiger partial charge in [-0.05, 0) is 30.7 Å². The molecular weight excluding hydrogens is 403 g/mol. The monoisotopic (exact) mass is 417 g/mol. The summed E-state index contributed by atoms with van der Waals surface area (Å²) in [5.41, 5.74) is 0.297. The van der Waals surface area contributed by atoms with Crippen LogP contribution in [0.3, 0.4) is 0 Å². The molecule has 2 amide bonds. The third kappa shape index (κ3) is 5.06. The Balaban J connectivity index is 1.53. The van der Waals surface area contributed by atoms with Gasteiger partial charge >= 0.3 is 12.4 Å². The molecule has 1 aromatic heterocycles. The third-order valence-electron chi connectivity index (χ3n) is 3.99. The molecule has 1 aliphatic rings. The minimum absolute atomic E-state index is 0.0290. The second kappa shape index (κ2) is 7.97. The molecular formula is C16H15ClF3N5O3. The second-order valence-corrected chi connectivity index (χ2v) is 6.38. The molecule has 1 aliphatic heterocycles. The van der Waals surface area contributed by atoms with Gasteiger partial charge in [0.25, 0.3) is 5.56 Å². The number of urea groups is 1. The van der Waals surface area contributed by atoms with E-state index in [1.54, 1.807) is 0 Å². The van der Waals surface area contributed by atoms with Crippen LogP contribution in [0.1, 0.15) is 6.42 Å². The van der Waals surface area contributed by atoms with E-state index in [4.69, 9.17) is 11.6 Å². The number of amides is 2. The first-order valence-electron chi connectivity index (χ1n) is 8.13. The fourth-order valence-corrected chi connectivity index (χ4v) is 2.99. The maximum Gasteiger partial charge on any atom is 0.573 e.